The third kappa shape index (κ3) is 1.52. The van der Waals surface area contributed by atoms with Crippen LogP contribution in [-0.4, -0.2) is 50.7 Å². The Labute approximate surface area is 103 Å². The lowest BCUT2D eigenvalue weighted by Crippen LogP contribution is -2.39. The van der Waals surface area contributed by atoms with Crippen LogP contribution in [0.15, 0.2) is 16.1 Å². The van der Waals surface area contributed by atoms with Gasteiger partial charge < -0.3 is 20.5 Å². The molecule has 5 atom stereocenters. The lowest BCUT2D eigenvalue weighted by molar-refractivity contribution is 0.0293. The predicted molar refractivity (Wildman–Crippen MR) is 64.2 cm³/mol. The summed E-state index contributed by atoms with van der Waals surface area (Å²) in [5, 5.41) is 22.9. The molecule has 7 heteroatoms. The van der Waals surface area contributed by atoms with Gasteiger partial charge in [0.1, 0.15) is 5.69 Å². The fourth-order valence-electron chi connectivity index (χ4n) is 2.59. The largest absolute Gasteiger partial charge is 0.389 e. The number of aromatic nitrogens is 2. The Kier molecular flexibility index (Phi) is 2.54. The minimum atomic E-state index is -0.900. The van der Waals surface area contributed by atoms with Crippen molar-refractivity contribution in [3.05, 3.63) is 22.4 Å². The molecule has 0 bridgehead atoms. The van der Waals surface area contributed by atoms with Crippen molar-refractivity contribution in [2.45, 2.75) is 37.1 Å². The van der Waals surface area contributed by atoms with Gasteiger partial charge in [-0.3, -0.25) is 9.79 Å². The van der Waals surface area contributed by atoms with Gasteiger partial charge in [-0.25, -0.2) is 4.98 Å². The summed E-state index contributed by atoms with van der Waals surface area (Å²) in [5.74, 6) is -0.295. The van der Waals surface area contributed by atoms with E-state index in [0.717, 1.165) is 0 Å². The van der Waals surface area contributed by atoms with Crippen LogP contribution >= 0.6 is 0 Å². The van der Waals surface area contributed by atoms with Gasteiger partial charge in [-0.05, 0) is 6.92 Å². The maximum absolute atomic E-state index is 11.5. The van der Waals surface area contributed by atoms with Crippen LogP contribution in [0, 0.1) is 0 Å². The molecule has 2 aliphatic rings. The monoisotopic (exact) mass is 250 g/mol. The highest BCUT2D eigenvalue weighted by Gasteiger charge is 2.44. The third-order valence-corrected chi connectivity index (χ3v) is 3.61. The van der Waals surface area contributed by atoms with Gasteiger partial charge in [0.15, 0.2) is 0 Å². The molecule has 0 aliphatic carbocycles. The smallest absolute Gasteiger partial charge is 0.276 e. The minimum Gasteiger partial charge on any atom is -0.389 e. The van der Waals surface area contributed by atoms with Crippen molar-refractivity contribution < 1.29 is 10.2 Å². The van der Waals surface area contributed by atoms with Gasteiger partial charge in [-0.1, -0.05) is 0 Å². The zero-order chi connectivity index (χ0) is 12.9. The van der Waals surface area contributed by atoms with Gasteiger partial charge in [0.25, 0.3) is 5.56 Å². The summed E-state index contributed by atoms with van der Waals surface area (Å²) in [6.45, 7) is 1.80. The third-order valence-electron chi connectivity index (χ3n) is 3.61. The van der Waals surface area contributed by atoms with Crippen LogP contribution in [0.4, 0.5) is 5.69 Å². The topological polar surface area (TPSA) is 111 Å². The van der Waals surface area contributed by atoms with Crippen molar-refractivity contribution >= 4 is 11.9 Å². The Morgan fingerprint density at radius 3 is 2.78 bits per heavy atom. The SMILES string of the molecule is C[C@H]1N[C@@H](C2C=Nc3c2nc[nH]c3=O)[C@H](O)[C@@H]1O. The molecule has 0 amide bonds. The zero-order valence-corrected chi connectivity index (χ0v) is 9.74. The summed E-state index contributed by atoms with van der Waals surface area (Å²) in [6.07, 6.45) is 1.20. The fraction of sp³-hybridized carbons (Fsp3) is 0.545. The number of rotatable bonds is 1. The van der Waals surface area contributed by atoms with Crippen LogP contribution in [0.1, 0.15) is 18.5 Å². The van der Waals surface area contributed by atoms with Crippen LogP contribution < -0.4 is 10.9 Å². The van der Waals surface area contributed by atoms with Crippen molar-refractivity contribution in [3.8, 4) is 0 Å². The second-order valence-corrected chi connectivity index (χ2v) is 4.73. The Morgan fingerprint density at radius 1 is 1.33 bits per heavy atom. The number of aliphatic hydroxyl groups excluding tert-OH is 2. The maximum Gasteiger partial charge on any atom is 0.276 e. The van der Waals surface area contributed by atoms with Crippen molar-refractivity contribution in [2.24, 2.45) is 4.99 Å². The molecule has 1 aromatic heterocycles. The molecular formula is C11H14N4O3. The molecule has 1 saturated heterocycles. The second-order valence-electron chi connectivity index (χ2n) is 4.73. The molecule has 0 saturated carbocycles. The van der Waals surface area contributed by atoms with E-state index in [1.165, 1.54) is 6.33 Å². The number of aromatic amines is 1. The van der Waals surface area contributed by atoms with E-state index in [1.54, 1.807) is 13.1 Å². The van der Waals surface area contributed by atoms with E-state index in [4.69, 9.17) is 0 Å². The number of fused-ring (bicyclic) bond motifs is 1. The van der Waals surface area contributed by atoms with E-state index >= 15 is 0 Å². The van der Waals surface area contributed by atoms with E-state index < -0.39 is 12.2 Å². The van der Waals surface area contributed by atoms with Gasteiger partial charge in [0.2, 0.25) is 0 Å². The number of hydrogen-bond acceptors (Lipinski definition) is 6. The van der Waals surface area contributed by atoms with Gasteiger partial charge >= 0.3 is 0 Å². The van der Waals surface area contributed by atoms with E-state index in [9.17, 15) is 15.0 Å². The summed E-state index contributed by atoms with van der Waals surface area (Å²) >= 11 is 0. The first kappa shape index (κ1) is 11.5. The van der Waals surface area contributed by atoms with Crippen molar-refractivity contribution in [2.75, 3.05) is 0 Å². The van der Waals surface area contributed by atoms with E-state index in [2.05, 4.69) is 20.3 Å². The van der Waals surface area contributed by atoms with Crippen LogP contribution in [0.2, 0.25) is 0 Å². The molecule has 2 aliphatic heterocycles. The summed E-state index contributed by atoms with van der Waals surface area (Å²) in [6, 6.07) is -0.584. The van der Waals surface area contributed by atoms with Crippen LogP contribution in [0.5, 0.6) is 0 Å². The number of hydrogen-bond donors (Lipinski definition) is 4. The fourth-order valence-corrected chi connectivity index (χ4v) is 2.59. The first-order chi connectivity index (χ1) is 8.59. The second kappa shape index (κ2) is 3.98. The molecule has 4 N–H and O–H groups in total. The molecule has 0 spiro atoms. The molecule has 7 nitrogen and oxygen atoms in total. The number of H-pyrrole nitrogens is 1. The summed E-state index contributed by atoms with van der Waals surface area (Å²) < 4.78 is 0. The van der Waals surface area contributed by atoms with Crippen molar-refractivity contribution in [1.82, 2.24) is 15.3 Å². The number of aliphatic hydroxyl groups is 2. The maximum atomic E-state index is 11.5. The van der Waals surface area contributed by atoms with E-state index in [0.29, 0.717) is 5.69 Å². The lowest BCUT2D eigenvalue weighted by Gasteiger charge is -2.20. The molecule has 1 aromatic rings. The molecule has 18 heavy (non-hydrogen) atoms. The molecule has 96 valence electrons. The minimum absolute atomic E-state index is 0.204. The van der Waals surface area contributed by atoms with Crippen LogP contribution in [0.3, 0.4) is 0 Å². The predicted octanol–water partition coefficient (Wildman–Crippen LogP) is -1.35. The van der Waals surface area contributed by atoms with Crippen LogP contribution in [0.25, 0.3) is 0 Å². The summed E-state index contributed by atoms with van der Waals surface area (Å²) in [7, 11) is 0. The first-order valence-electron chi connectivity index (χ1n) is 5.83. The first-order valence-corrected chi connectivity index (χ1v) is 5.83. The van der Waals surface area contributed by atoms with E-state index in [1.807, 2.05) is 0 Å². The number of nitrogens with zero attached hydrogens (tertiary/aromatic N) is 2. The Balaban J connectivity index is 1.96. The number of nitrogens with one attached hydrogen (secondary N) is 2. The Hall–Kier alpha value is -1.57. The van der Waals surface area contributed by atoms with Crippen LogP contribution in [-0.2, 0) is 0 Å². The Bertz CT molecular complexity index is 555. The lowest BCUT2D eigenvalue weighted by atomic mass is 9.94. The normalized spacial score (nSPS) is 38.1. The number of aliphatic imine (C=N–C) groups is 1. The van der Waals surface area contributed by atoms with Crippen molar-refractivity contribution in [1.29, 1.82) is 0 Å². The van der Waals surface area contributed by atoms with E-state index in [-0.39, 0.29) is 29.2 Å². The van der Waals surface area contributed by atoms with Gasteiger partial charge in [-0.2, -0.15) is 0 Å². The quantitative estimate of drug-likeness (QED) is 0.492. The van der Waals surface area contributed by atoms with Gasteiger partial charge in [-0.15, -0.1) is 0 Å². The van der Waals surface area contributed by atoms with Gasteiger partial charge in [0, 0.05) is 18.3 Å². The molecule has 0 radical (unpaired) electrons. The average Bonchev–Trinajstić information content (AvgIpc) is 2.88. The van der Waals surface area contributed by atoms with Crippen molar-refractivity contribution in [3.63, 3.8) is 0 Å². The average molecular weight is 250 g/mol. The standard InChI is InChI=1S/C11H14N4O3/c1-4-9(16)10(17)7(15-4)5-2-12-8-6(5)13-3-14-11(8)18/h2-5,7,9-10,15-17H,1H3,(H,13,14,18)/t4-,5?,7+,9-,10+/m1/s1. The molecule has 3 heterocycles. The molecular weight excluding hydrogens is 236 g/mol. The molecule has 3 rings (SSSR count). The highest BCUT2D eigenvalue weighted by atomic mass is 16.3. The Morgan fingerprint density at radius 2 is 2.11 bits per heavy atom. The molecule has 0 aromatic carbocycles. The zero-order valence-electron chi connectivity index (χ0n) is 9.74. The summed E-state index contributed by atoms with van der Waals surface area (Å²) in [5.41, 5.74) is 0.530. The molecule has 1 fully saturated rings. The highest BCUT2D eigenvalue weighted by molar-refractivity contribution is 5.80. The molecule has 1 unspecified atom stereocenters. The highest BCUT2D eigenvalue weighted by Crippen LogP contribution is 2.33. The summed E-state index contributed by atoms with van der Waals surface area (Å²) in [4.78, 5) is 22.2. The van der Waals surface area contributed by atoms with Gasteiger partial charge in [0.05, 0.1) is 30.1 Å².